The Labute approximate surface area is 404 Å². The number of amides is 2. The van der Waals surface area contributed by atoms with Crippen molar-refractivity contribution in [2.24, 2.45) is 0 Å². The van der Waals surface area contributed by atoms with Gasteiger partial charge in [-0.15, -0.1) is 0 Å². The molecule has 1 heterocycles. The summed E-state index contributed by atoms with van der Waals surface area (Å²) in [5.41, 5.74) is 0. The predicted molar refractivity (Wildman–Crippen MR) is 273 cm³/mol. The number of carbonyl (C=O) groups is 3. The SMILES string of the molecule is CCCCC/C=C\C/C=C\CCCCCCCCOC(=O)C1CC(NC(=O)CNCC(OCCOCC)[C@H](C)OCCOCC)CN1C(=O)CCCCCCC/C=C\C/C=C\CCCCC. The van der Waals surface area contributed by atoms with Crippen LogP contribution in [-0.2, 0) is 38.1 Å². The third-order valence-electron chi connectivity index (χ3n) is 11.9. The van der Waals surface area contributed by atoms with E-state index in [0.29, 0.717) is 72.2 Å². The lowest BCUT2D eigenvalue weighted by atomic mass is 10.1. The zero-order chi connectivity index (χ0) is 48.0. The Morgan fingerprint density at radius 2 is 1.09 bits per heavy atom. The summed E-state index contributed by atoms with van der Waals surface area (Å²) in [4.78, 5) is 42.0. The normalized spacial score (nSPS) is 16.4. The van der Waals surface area contributed by atoms with Crippen LogP contribution in [0.3, 0.4) is 0 Å². The monoisotopic (exact) mass is 930 g/mol. The third kappa shape index (κ3) is 35.3. The van der Waals surface area contributed by atoms with Gasteiger partial charge >= 0.3 is 5.97 Å². The molecule has 1 aliphatic rings. The molecule has 0 spiro atoms. The number of carbonyl (C=O) groups excluding carboxylic acids is 3. The van der Waals surface area contributed by atoms with E-state index in [1.54, 1.807) is 4.90 Å². The average molecular weight is 930 g/mol. The van der Waals surface area contributed by atoms with Gasteiger partial charge in [0.25, 0.3) is 0 Å². The number of allylic oxidation sites excluding steroid dienone is 8. The highest BCUT2D eigenvalue weighted by Gasteiger charge is 2.40. The highest BCUT2D eigenvalue weighted by Crippen LogP contribution is 2.22. The third-order valence-corrected chi connectivity index (χ3v) is 11.9. The fraction of sp³-hybridized carbons (Fsp3) is 0.800. The van der Waals surface area contributed by atoms with E-state index in [0.717, 1.165) is 77.0 Å². The van der Waals surface area contributed by atoms with Crippen LogP contribution < -0.4 is 10.6 Å². The second kappa shape index (κ2) is 45.9. The van der Waals surface area contributed by atoms with E-state index < -0.39 is 6.04 Å². The number of hydrogen-bond acceptors (Lipinski definition) is 9. The first-order valence-corrected chi connectivity index (χ1v) is 26.8. The first-order chi connectivity index (χ1) is 32.4. The molecule has 4 atom stereocenters. The molecule has 1 saturated heterocycles. The van der Waals surface area contributed by atoms with E-state index >= 15 is 0 Å². The maximum absolute atomic E-state index is 13.6. The smallest absolute Gasteiger partial charge is 0.328 e. The zero-order valence-electron chi connectivity index (χ0n) is 42.9. The Balaban J connectivity index is 2.59. The van der Waals surface area contributed by atoms with Gasteiger partial charge in [-0.05, 0) is 97.8 Å². The van der Waals surface area contributed by atoms with Crippen molar-refractivity contribution in [1.29, 1.82) is 0 Å². The van der Waals surface area contributed by atoms with Gasteiger partial charge < -0.3 is 39.2 Å². The van der Waals surface area contributed by atoms with Crippen LogP contribution in [0, 0.1) is 0 Å². The van der Waals surface area contributed by atoms with Crippen molar-refractivity contribution in [2.75, 3.05) is 65.9 Å². The minimum absolute atomic E-state index is 0.0448. The number of unbranched alkanes of at least 4 members (excludes halogenated alkanes) is 17. The molecule has 11 heteroatoms. The molecule has 0 aliphatic carbocycles. The lowest BCUT2D eigenvalue weighted by Crippen LogP contribution is -2.46. The quantitative estimate of drug-likeness (QED) is 0.0349. The lowest BCUT2D eigenvalue weighted by molar-refractivity contribution is -0.153. The van der Waals surface area contributed by atoms with Crippen LogP contribution in [0.15, 0.2) is 48.6 Å². The Morgan fingerprint density at radius 1 is 0.591 bits per heavy atom. The highest BCUT2D eigenvalue weighted by atomic mass is 16.6. The van der Waals surface area contributed by atoms with Gasteiger partial charge in [0.15, 0.2) is 0 Å². The standard InChI is InChI=1S/C55H99N3O8/c1-6-10-12-14-16-18-20-22-24-26-28-30-32-34-36-38-40-66-55(61)51-45-50(57-53(59)47-56-46-52(65-44-42-63-9-4)49(5)64-43-41-62-8-3)48-58(51)54(60)39-37-35-33-31-29-27-25-23-21-19-17-15-13-11-7-2/h16-19,22-25,49-52,56H,6-15,20-21,26-48H2,1-5H3,(H,57,59)/b18-16-,19-17-,24-22-,25-23-/t49-,50?,51?,52?/m0/s1. The predicted octanol–water partition coefficient (Wildman–Crippen LogP) is 11.7. The number of likely N-dealkylation sites (tertiary alicyclic amines) is 1. The van der Waals surface area contributed by atoms with Gasteiger partial charge in [-0.25, -0.2) is 4.79 Å². The van der Waals surface area contributed by atoms with Gasteiger partial charge in [0.2, 0.25) is 11.8 Å². The van der Waals surface area contributed by atoms with Crippen LogP contribution in [0.2, 0.25) is 0 Å². The minimum Gasteiger partial charge on any atom is -0.464 e. The summed E-state index contributed by atoms with van der Waals surface area (Å²) < 4.78 is 28.6. The van der Waals surface area contributed by atoms with Gasteiger partial charge in [-0.2, -0.15) is 0 Å². The summed E-state index contributed by atoms with van der Waals surface area (Å²) in [6.07, 6.45) is 44.5. The average Bonchev–Trinajstić information content (AvgIpc) is 3.74. The van der Waals surface area contributed by atoms with Gasteiger partial charge in [0.1, 0.15) is 6.04 Å². The summed E-state index contributed by atoms with van der Waals surface area (Å²) in [5.74, 6) is -0.614. The summed E-state index contributed by atoms with van der Waals surface area (Å²) >= 11 is 0. The first kappa shape index (κ1) is 61.2. The van der Waals surface area contributed by atoms with Crippen molar-refractivity contribution in [1.82, 2.24) is 15.5 Å². The molecule has 2 N–H and O–H groups in total. The van der Waals surface area contributed by atoms with Crippen molar-refractivity contribution in [2.45, 2.75) is 219 Å². The van der Waals surface area contributed by atoms with E-state index in [1.165, 1.54) is 70.6 Å². The van der Waals surface area contributed by atoms with Crippen molar-refractivity contribution < 1.29 is 38.1 Å². The van der Waals surface area contributed by atoms with Crippen molar-refractivity contribution >= 4 is 17.8 Å². The Bertz CT molecular complexity index is 1270. The van der Waals surface area contributed by atoms with Crippen molar-refractivity contribution in [3.63, 3.8) is 0 Å². The molecule has 0 radical (unpaired) electrons. The molecule has 0 saturated carbocycles. The maximum Gasteiger partial charge on any atom is 0.328 e. The zero-order valence-corrected chi connectivity index (χ0v) is 42.9. The summed E-state index contributed by atoms with van der Waals surface area (Å²) in [6, 6.07) is -1.04. The number of hydrogen-bond donors (Lipinski definition) is 2. The van der Waals surface area contributed by atoms with Gasteiger partial charge in [0.05, 0.1) is 51.8 Å². The first-order valence-electron chi connectivity index (χ1n) is 26.8. The fourth-order valence-electron chi connectivity index (χ4n) is 7.94. The Kier molecular flexibility index (Phi) is 42.6. The molecule has 1 aliphatic heterocycles. The summed E-state index contributed by atoms with van der Waals surface area (Å²) in [6.45, 7) is 14.5. The second-order valence-electron chi connectivity index (χ2n) is 17.8. The fourth-order valence-corrected chi connectivity index (χ4v) is 7.94. The molecule has 3 unspecified atom stereocenters. The van der Waals surface area contributed by atoms with Crippen LogP contribution in [0.1, 0.15) is 195 Å². The molecule has 382 valence electrons. The van der Waals surface area contributed by atoms with E-state index in [4.69, 9.17) is 23.7 Å². The summed E-state index contributed by atoms with van der Waals surface area (Å²) in [7, 11) is 0. The Hall–Kier alpha value is -2.83. The van der Waals surface area contributed by atoms with Crippen LogP contribution in [0.4, 0.5) is 0 Å². The molecule has 1 fully saturated rings. The Morgan fingerprint density at radius 3 is 1.64 bits per heavy atom. The maximum atomic E-state index is 13.6. The molecule has 2 amide bonds. The minimum atomic E-state index is -0.698. The number of nitrogens with one attached hydrogen (secondary N) is 2. The van der Waals surface area contributed by atoms with Crippen molar-refractivity contribution in [3.8, 4) is 0 Å². The molecular weight excluding hydrogens is 831 g/mol. The van der Waals surface area contributed by atoms with Crippen LogP contribution in [0.25, 0.3) is 0 Å². The largest absolute Gasteiger partial charge is 0.464 e. The second-order valence-corrected chi connectivity index (χ2v) is 17.8. The number of rotatable bonds is 46. The van der Waals surface area contributed by atoms with E-state index in [1.807, 2.05) is 20.8 Å². The van der Waals surface area contributed by atoms with E-state index in [-0.39, 0.29) is 42.6 Å². The lowest BCUT2D eigenvalue weighted by Gasteiger charge is -2.25. The van der Waals surface area contributed by atoms with E-state index in [9.17, 15) is 14.4 Å². The molecule has 1 rings (SSSR count). The molecule has 11 nitrogen and oxygen atoms in total. The van der Waals surface area contributed by atoms with Crippen molar-refractivity contribution in [3.05, 3.63) is 48.6 Å². The molecule has 0 aromatic rings. The molecule has 0 aromatic heterocycles. The number of ether oxygens (including phenoxy) is 5. The summed E-state index contributed by atoms with van der Waals surface area (Å²) in [5, 5.41) is 6.30. The molecule has 0 aromatic carbocycles. The van der Waals surface area contributed by atoms with Crippen LogP contribution in [-0.4, -0.2) is 113 Å². The molecule has 66 heavy (non-hydrogen) atoms. The van der Waals surface area contributed by atoms with E-state index in [2.05, 4.69) is 73.1 Å². The van der Waals surface area contributed by atoms with Gasteiger partial charge in [-0.1, -0.05) is 133 Å². The molecular formula is C55H99N3O8. The highest BCUT2D eigenvalue weighted by molar-refractivity contribution is 5.86. The number of nitrogens with zero attached hydrogens (tertiary/aromatic N) is 1. The van der Waals surface area contributed by atoms with Crippen LogP contribution in [0.5, 0.6) is 0 Å². The number of esters is 1. The molecule has 0 bridgehead atoms. The van der Waals surface area contributed by atoms with Gasteiger partial charge in [0, 0.05) is 45.2 Å². The van der Waals surface area contributed by atoms with Crippen LogP contribution >= 0.6 is 0 Å². The van der Waals surface area contributed by atoms with Gasteiger partial charge in [-0.3, -0.25) is 9.59 Å². The topological polar surface area (TPSA) is 125 Å².